The number of nitrogens with zero attached hydrogens (tertiary/aromatic N) is 2. The number of hydrogen-bond donors (Lipinski definition) is 1. The Labute approximate surface area is 119 Å². The summed E-state index contributed by atoms with van der Waals surface area (Å²) in [5.74, 6) is 0.564. The van der Waals surface area contributed by atoms with Gasteiger partial charge in [-0.2, -0.15) is 5.10 Å². The van der Waals surface area contributed by atoms with E-state index >= 15 is 0 Å². The first-order valence-electron chi connectivity index (χ1n) is 6.68. The van der Waals surface area contributed by atoms with Crippen LogP contribution in [-0.4, -0.2) is 15.8 Å². The highest BCUT2D eigenvalue weighted by Crippen LogP contribution is 2.29. The van der Waals surface area contributed by atoms with Crippen LogP contribution >= 0.6 is 11.6 Å². The minimum atomic E-state index is 0.424. The molecule has 0 saturated heterocycles. The second-order valence-corrected chi connectivity index (χ2v) is 5.40. The lowest BCUT2D eigenvalue weighted by Gasteiger charge is -2.24. The van der Waals surface area contributed by atoms with Crippen molar-refractivity contribution in [1.82, 2.24) is 9.78 Å². The van der Waals surface area contributed by atoms with E-state index in [-0.39, 0.29) is 0 Å². The molecule has 1 unspecified atom stereocenters. The average molecular weight is 278 g/mol. The fraction of sp³-hybridized carbons (Fsp3) is 0.400. The highest BCUT2D eigenvalue weighted by molar-refractivity contribution is 6.33. The molecule has 2 aromatic rings. The van der Waals surface area contributed by atoms with Crippen molar-refractivity contribution in [3.05, 3.63) is 41.7 Å². The van der Waals surface area contributed by atoms with Crippen LogP contribution in [0.5, 0.6) is 0 Å². The summed E-state index contributed by atoms with van der Waals surface area (Å²) >= 11 is 6.33. The molecular formula is C15H20ClN3. The maximum absolute atomic E-state index is 6.33. The molecule has 0 aliphatic carbocycles. The largest absolute Gasteiger partial charge is 0.380 e. The lowest BCUT2D eigenvalue weighted by molar-refractivity contribution is 0.511. The molecule has 4 heteroatoms. The quantitative estimate of drug-likeness (QED) is 0.879. The van der Waals surface area contributed by atoms with E-state index in [9.17, 15) is 0 Å². The number of nitrogens with one attached hydrogen (secondary N) is 1. The van der Waals surface area contributed by atoms with Gasteiger partial charge >= 0.3 is 0 Å². The molecule has 0 aliphatic rings. The summed E-state index contributed by atoms with van der Waals surface area (Å²) in [6.45, 7) is 6.63. The van der Waals surface area contributed by atoms with Crippen molar-refractivity contribution in [1.29, 1.82) is 0 Å². The first-order chi connectivity index (χ1) is 9.13. The molecule has 102 valence electrons. The number of hydrogen-bond acceptors (Lipinski definition) is 2. The molecule has 0 spiro atoms. The number of benzene rings is 1. The number of halogens is 1. The Morgan fingerprint density at radius 3 is 2.68 bits per heavy atom. The van der Waals surface area contributed by atoms with Crippen molar-refractivity contribution < 1.29 is 0 Å². The number of anilines is 1. The van der Waals surface area contributed by atoms with Gasteiger partial charge in [-0.3, -0.25) is 0 Å². The highest BCUT2D eigenvalue weighted by atomic mass is 35.5. The SMILES string of the molecule is CCC(Nc1cccc(Cl)c1-n1cccn1)C(C)C. The molecule has 0 saturated carbocycles. The van der Waals surface area contributed by atoms with E-state index in [1.165, 1.54) is 0 Å². The Morgan fingerprint density at radius 1 is 1.32 bits per heavy atom. The summed E-state index contributed by atoms with van der Waals surface area (Å²) in [5.41, 5.74) is 1.94. The summed E-state index contributed by atoms with van der Waals surface area (Å²) in [6.07, 6.45) is 4.73. The van der Waals surface area contributed by atoms with Gasteiger partial charge in [0.2, 0.25) is 0 Å². The van der Waals surface area contributed by atoms with Crippen LogP contribution in [0.3, 0.4) is 0 Å². The van der Waals surface area contributed by atoms with Crippen LogP contribution in [0.25, 0.3) is 5.69 Å². The molecule has 1 aromatic heterocycles. The van der Waals surface area contributed by atoms with Crippen molar-refractivity contribution in [2.45, 2.75) is 33.2 Å². The zero-order valence-electron chi connectivity index (χ0n) is 11.6. The third-order valence-electron chi connectivity index (χ3n) is 3.31. The monoisotopic (exact) mass is 277 g/mol. The summed E-state index contributed by atoms with van der Waals surface area (Å²) in [5, 5.41) is 8.56. The topological polar surface area (TPSA) is 29.9 Å². The lowest BCUT2D eigenvalue weighted by Crippen LogP contribution is -2.25. The van der Waals surface area contributed by atoms with Crippen LogP contribution in [0.2, 0.25) is 5.02 Å². The summed E-state index contributed by atoms with van der Waals surface area (Å²) in [6, 6.07) is 8.22. The van der Waals surface area contributed by atoms with Gasteiger partial charge in [-0.25, -0.2) is 4.68 Å². The molecule has 3 nitrogen and oxygen atoms in total. The number of aromatic nitrogens is 2. The van der Waals surface area contributed by atoms with Gasteiger partial charge in [0, 0.05) is 18.4 Å². The van der Waals surface area contributed by atoms with Crippen LogP contribution in [0.1, 0.15) is 27.2 Å². The second-order valence-electron chi connectivity index (χ2n) is 4.99. The van der Waals surface area contributed by atoms with Crippen LogP contribution < -0.4 is 5.32 Å². The fourth-order valence-corrected chi connectivity index (χ4v) is 2.47. The zero-order valence-corrected chi connectivity index (χ0v) is 12.4. The molecule has 1 N–H and O–H groups in total. The minimum absolute atomic E-state index is 0.424. The Kier molecular flexibility index (Phi) is 4.48. The van der Waals surface area contributed by atoms with Gasteiger partial charge in [-0.05, 0) is 30.5 Å². The third kappa shape index (κ3) is 3.10. The van der Waals surface area contributed by atoms with E-state index in [1.54, 1.807) is 10.9 Å². The van der Waals surface area contributed by atoms with E-state index in [0.717, 1.165) is 17.8 Å². The van der Waals surface area contributed by atoms with Crippen LogP contribution in [-0.2, 0) is 0 Å². The van der Waals surface area contributed by atoms with Crippen LogP contribution in [0.15, 0.2) is 36.7 Å². The summed E-state index contributed by atoms with van der Waals surface area (Å²) in [7, 11) is 0. The molecule has 1 atom stereocenters. The molecule has 19 heavy (non-hydrogen) atoms. The van der Waals surface area contributed by atoms with Crippen LogP contribution in [0.4, 0.5) is 5.69 Å². The van der Waals surface area contributed by atoms with Crippen LogP contribution in [0, 0.1) is 5.92 Å². The molecule has 0 aliphatic heterocycles. The standard InChI is InChI=1S/C15H20ClN3/c1-4-13(11(2)3)18-14-8-5-7-12(16)15(14)19-10-6-9-17-19/h5-11,13,18H,4H2,1-3H3. The normalized spacial score (nSPS) is 12.7. The van der Waals surface area contributed by atoms with Gasteiger partial charge in [0.25, 0.3) is 0 Å². The zero-order chi connectivity index (χ0) is 13.8. The smallest absolute Gasteiger partial charge is 0.106 e. The molecule has 1 heterocycles. The lowest BCUT2D eigenvalue weighted by atomic mass is 10.0. The molecule has 2 rings (SSSR count). The van der Waals surface area contributed by atoms with Gasteiger partial charge in [0.1, 0.15) is 5.69 Å². The Hall–Kier alpha value is -1.48. The number of para-hydroxylation sites is 1. The first-order valence-corrected chi connectivity index (χ1v) is 7.06. The maximum atomic E-state index is 6.33. The highest BCUT2D eigenvalue weighted by Gasteiger charge is 2.15. The summed E-state index contributed by atoms with van der Waals surface area (Å²) < 4.78 is 1.80. The fourth-order valence-electron chi connectivity index (χ4n) is 2.21. The van der Waals surface area contributed by atoms with Gasteiger partial charge in [-0.15, -0.1) is 0 Å². The van der Waals surface area contributed by atoms with Crippen molar-refractivity contribution >= 4 is 17.3 Å². The molecule has 1 aromatic carbocycles. The van der Waals surface area contributed by atoms with E-state index in [0.29, 0.717) is 17.0 Å². The Morgan fingerprint density at radius 2 is 2.11 bits per heavy atom. The molecule has 0 bridgehead atoms. The van der Waals surface area contributed by atoms with E-state index in [4.69, 9.17) is 11.6 Å². The molecule has 0 amide bonds. The first kappa shape index (κ1) is 13.9. The van der Waals surface area contributed by atoms with E-state index in [1.807, 2.05) is 30.5 Å². The predicted molar refractivity (Wildman–Crippen MR) is 81.1 cm³/mol. The maximum Gasteiger partial charge on any atom is 0.106 e. The molecular weight excluding hydrogens is 258 g/mol. The van der Waals surface area contributed by atoms with Crippen molar-refractivity contribution in [2.24, 2.45) is 5.92 Å². The second kappa shape index (κ2) is 6.11. The van der Waals surface area contributed by atoms with Gasteiger partial charge in [0.15, 0.2) is 0 Å². The van der Waals surface area contributed by atoms with E-state index in [2.05, 4.69) is 31.2 Å². The third-order valence-corrected chi connectivity index (χ3v) is 3.61. The van der Waals surface area contributed by atoms with Gasteiger partial charge in [0.05, 0.1) is 10.7 Å². The average Bonchev–Trinajstić information content (AvgIpc) is 2.89. The number of rotatable bonds is 5. The van der Waals surface area contributed by atoms with Crippen molar-refractivity contribution in [2.75, 3.05) is 5.32 Å². The Balaban J connectivity index is 2.38. The minimum Gasteiger partial charge on any atom is -0.380 e. The molecule has 0 fully saturated rings. The van der Waals surface area contributed by atoms with Gasteiger partial charge < -0.3 is 5.32 Å². The van der Waals surface area contributed by atoms with Crippen molar-refractivity contribution in [3.63, 3.8) is 0 Å². The van der Waals surface area contributed by atoms with Crippen molar-refractivity contribution in [3.8, 4) is 5.69 Å². The Bertz CT molecular complexity index is 520. The predicted octanol–water partition coefficient (Wildman–Crippen LogP) is 4.37. The molecule has 0 radical (unpaired) electrons. The van der Waals surface area contributed by atoms with Gasteiger partial charge in [-0.1, -0.05) is 38.4 Å². The summed E-state index contributed by atoms with van der Waals surface area (Å²) in [4.78, 5) is 0. The van der Waals surface area contributed by atoms with E-state index < -0.39 is 0 Å².